The van der Waals surface area contributed by atoms with Crippen molar-refractivity contribution >= 4 is 11.6 Å². The van der Waals surface area contributed by atoms with Crippen LogP contribution in [0.25, 0.3) is 0 Å². The molecule has 1 amide bonds. The lowest BCUT2D eigenvalue weighted by Crippen LogP contribution is -2.19. The molecule has 0 fully saturated rings. The monoisotopic (exact) mass is 301 g/mol. The van der Waals surface area contributed by atoms with Crippen LogP contribution in [0.15, 0.2) is 54.6 Å². The van der Waals surface area contributed by atoms with E-state index in [-0.39, 0.29) is 12.5 Å². The summed E-state index contributed by atoms with van der Waals surface area (Å²) >= 11 is 0. The summed E-state index contributed by atoms with van der Waals surface area (Å²) in [6.45, 7) is 0.816. The van der Waals surface area contributed by atoms with Crippen molar-refractivity contribution in [3.63, 3.8) is 0 Å². The Bertz CT molecular complexity index is 586. The predicted molar refractivity (Wildman–Crippen MR) is 84.3 cm³/mol. The van der Waals surface area contributed by atoms with Crippen LogP contribution in [-0.4, -0.2) is 32.8 Å². The molecule has 5 heteroatoms. The molecule has 0 aliphatic rings. The Balaban J connectivity index is 1.95. The summed E-state index contributed by atoms with van der Waals surface area (Å²) in [5, 5.41) is 2.78. The Morgan fingerprint density at radius 2 is 1.73 bits per heavy atom. The van der Waals surface area contributed by atoms with Gasteiger partial charge in [0.05, 0.1) is 18.9 Å². The summed E-state index contributed by atoms with van der Waals surface area (Å²) in [4.78, 5) is 11.8. The predicted octanol–water partition coefficient (Wildman–Crippen LogP) is 3.08. The van der Waals surface area contributed by atoms with Crippen molar-refractivity contribution in [3.8, 4) is 11.5 Å². The number of carbonyl (C=O) groups is 1. The van der Waals surface area contributed by atoms with E-state index in [9.17, 15) is 4.79 Å². The number of hydrogen-bond donors (Lipinski definition) is 1. The minimum Gasteiger partial charge on any atom is -0.455 e. The maximum atomic E-state index is 11.8. The second kappa shape index (κ2) is 8.81. The summed E-state index contributed by atoms with van der Waals surface area (Å²) in [6, 6.07) is 16.7. The second-order valence-corrected chi connectivity index (χ2v) is 4.50. The zero-order valence-corrected chi connectivity index (χ0v) is 12.5. The van der Waals surface area contributed by atoms with Crippen molar-refractivity contribution in [2.75, 3.05) is 32.2 Å². The number of benzene rings is 2. The summed E-state index contributed by atoms with van der Waals surface area (Å²) in [7, 11) is 1.58. The van der Waals surface area contributed by atoms with Gasteiger partial charge in [0.25, 0.3) is 0 Å². The minimum absolute atomic E-state index is 0.0248. The standard InChI is InChI=1S/C17H19NO4/c1-20-11-12-21-13-17(19)18-15-9-5-6-10-16(15)22-14-7-3-2-4-8-14/h2-10H,11-13H2,1H3,(H,18,19). The van der Waals surface area contributed by atoms with Crippen LogP contribution < -0.4 is 10.1 Å². The Kier molecular flexibility index (Phi) is 6.41. The molecule has 0 atom stereocenters. The van der Waals surface area contributed by atoms with Gasteiger partial charge in [-0.25, -0.2) is 0 Å². The van der Waals surface area contributed by atoms with Crippen LogP contribution in [-0.2, 0) is 14.3 Å². The summed E-state index contributed by atoms with van der Waals surface area (Å²) < 4.78 is 15.8. The maximum Gasteiger partial charge on any atom is 0.250 e. The van der Waals surface area contributed by atoms with Crippen LogP contribution in [0, 0.1) is 0 Å². The minimum atomic E-state index is -0.236. The van der Waals surface area contributed by atoms with Crippen LogP contribution in [0.4, 0.5) is 5.69 Å². The van der Waals surface area contributed by atoms with Crippen LogP contribution >= 0.6 is 0 Å². The Hall–Kier alpha value is -2.37. The Morgan fingerprint density at radius 1 is 1.00 bits per heavy atom. The molecule has 0 aliphatic heterocycles. The molecule has 2 rings (SSSR count). The van der Waals surface area contributed by atoms with Gasteiger partial charge in [-0.05, 0) is 24.3 Å². The van der Waals surface area contributed by atoms with Crippen LogP contribution in [0.3, 0.4) is 0 Å². The number of carbonyl (C=O) groups excluding carboxylic acids is 1. The van der Waals surface area contributed by atoms with Gasteiger partial charge in [-0.1, -0.05) is 30.3 Å². The van der Waals surface area contributed by atoms with E-state index >= 15 is 0 Å². The van der Waals surface area contributed by atoms with Crippen molar-refractivity contribution in [2.24, 2.45) is 0 Å². The highest BCUT2D eigenvalue weighted by Crippen LogP contribution is 2.28. The third-order valence-electron chi connectivity index (χ3n) is 2.80. The van der Waals surface area contributed by atoms with E-state index < -0.39 is 0 Å². The fourth-order valence-corrected chi connectivity index (χ4v) is 1.77. The molecule has 22 heavy (non-hydrogen) atoms. The lowest BCUT2D eigenvalue weighted by atomic mass is 10.3. The molecule has 0 aliphatic carbocycles. The molecule has 5 nitrogen and oxygen atoms in total. The zero-order chi connectivity index (χ0) is 15.6. The van der Waals surface area contributed by atoms with Gasteiger partial charge in [0, 0.05) is 7.11 Å². The van der Waals surface area contributed by atoms with Gasteiger partial charge in [0.2, 0.25) is 5.91 Å². The van der Waals surface area contributed by atoms with Gasteiger partial charge in [0.1, 0.15) is 12.4 Å². The van der Waals surface area contributed by atoms with E-state index in [0.717, 1.165) is 0 Å². The molecule has 2 aromatic carbocycles. The number of ether oxygens (including phenoxy) is 3. The van der Waals surface area contributed by atoms with Crippen LogP contribution in [0.1, 0.15) is 0 Å². The number of anilines is 1. The highest BCUT2D eigenvalue weighted by Gasteiger charge is 2.08. The average Bonchev–Trinajstić information content (AvgIpc) is 2.54. The fraction of sp³-hybridized carbons (Fsp3) is 0.235. The molecule has 0 unspecified atom stereocenters. The fourth-order valence-electron chi connectivity index (χ4n) is 1.77. The van der Waals surface area contributed by atoms with Crippen LogP contribution in [0.2, 0.25) is 0 Å². The number of hydrogen-bond acceptors (Lipinski definition) is 4. The van der Waals surface area contributed by atoms with Crippen molar-refractivity contribution in [3.05, 3.63) is 54.6 Å². The first-order chi connectivity index (χ1) is 10.8. The summed E-state index contributed by atoms with van der Waals surface area (Å²) in [5.41, 5.74) is 0.603. The number of rotatable bonds is 8. The van der Waals surface area contributed by atoms with Gasteiger partial charge >= 0.3 is 0 Å². The number of amides is 1. The first-order valence-corrected chi connectivity index (χ1v) is 6.98. The maximum absolute atomic E-state index is 11.8. The topological polar surface area (TPSA) is 56.8 Å². The average molecular weight is 301 g/mol. The SMILES string of the molecule is COCCOCC(=O)Nc1ccccc1Oc1ccccc1. The van der Waals surface area contributed by atoms with Gasteiger partial charge in [-0.2, -0.15) is 0 Å². The molecule has 0 heterocycles. The van der Waals surface area contributed by atoms with E-state index in [1.165, 1.54) is 0 Å². The van der Waals surface area contributed by atoms with E-state index in [1.54, 1.807) is 19.2 Å². The molecule has 0 bridgehead atoms. The number of para-hydroxylation sites is 3. The van der Waals surface area contributed by atoms with Gasteiger partial charge < -0.3 is 19.5 Å². The highest BCUT2D eigenvalue weighted by atomic mass is 16.5. The van der Waals surface area contributed by atoms with Crippen molar-refractivity contribution in [1.29, 1.82) is 0 Å². The molecule has 0 saturated heterocycles. The van der Waals surface area contributed by atoms with Crippen molar-refractivity contribution in [1.82, 2.24) is 0 Å². The zero-order valence-electron chi connectivity index (χ0n) is 12.5. The second-order valence-electron chi connectivity index (χ2n) is 4.50. The molecule has 116 valence electrons. The van der Waals surface area contributed by atoms with Gasteiger partial charge in [-0.15, -0.1) is 0 Å². The van der Waals surface area contributed by atoms with Crippen LogP contribution in [0.5, 0.6) is 11.5 Å². The third kappa shape index (κ3) is 5.20. The summed E-state index contributed by atoms with van der Waals surface area (Å²) in [6.07, 6.45) is 0. The smallest absolute Gasteiger partial charge is 0.250 e. The first-order valence-electron chi connectivity index (χ1n) is 6.98. The van der Waals surface area contributed by atoms with E-state index in [1.807, 2.05) is 42.5 Å². The van der Waals surface area contributed by atoms with Crippen molar-refractivity contribution < 1.29 is 19.0 Å². The lowest BCUT2D eigenvalue weighted by molar-refractivity contribution is -0.121. The van der Waals surface area contributed by atoms with Gasteiger partial charge in [-0.3, -0.25) is 4.79 Å². The number of nitrogens with one attached hydrogen (secondary N) is 1. The molecular formula is C17H19NO4. The Labute approximate surface area is 129 Å². The molecule has 1 N–H and O–H groups in total. The molecular weight excluding hydrogens is 282 g/mol. The quantitative estimate of drug-likeness (QED) is 0.761. The molecule has 0 aromatic heterocycles. The van der Waals surface area contributed by atoms with Gasteiger partial charge in [0.15, 0.2) is 5.75 Å². The first kappa shape index (κ1) is 16.0. The lowest BCUT2D eigenvalue weighted by Gasteiger charge is -2.12. The molecule has 2 aromatic rings. The van der Waals surface area contributed by atoms with Crippen molar-refractivity contribution in [2.45, 2.75) is 0 Å². The Morgan fingerprint density at radius 3 is 2.50 bits per heavy atom. The molecule has 0 saturated carbocycles. The third-order valence-corrected chi connectivity index (χ3v) is 2.80. The molecule has 0 radical (unpaired) electrons. The van der Waals surface area contributed by atoms with E-state index in [0.29, 0.717) is 30.4 Å². The van der Waals surface area contributed by atoms with E-state index in [2.05, 4.69) is 5.32 Å². The largest absolute Gasteiger partial charge is 0.455 e. The number of methoxy groups -OCH3 is 1. The van der Waals surface area contributed by atoms with E-state index in [4.69, 9.17) is 14.2 Å². The highest BCUT2D eigenvalue weighted by molar-refractivity contribution is 5.93. The summed E-state index contributed by atoms with van der Waals surface area (Å²) in [5.74, 6) is 1.06. The molecule has 0 spiro atoms. The normalized spacial score (nSPS) is 10.2.